The summed E-state index contributed by atoms with van der Waals surface area (Å²) in [4.78, 5) is 0. The Labute approximate surface area is 126 Å². The predicted molar refractivity (Wildman–Crippen MR) is 89.4 cm³/mol. The van der Waals surface area contributed by atoms with Gasteiger partial charge < -0.3 is 0 Å². The summed E-state index contributed by atoms with van der Waals surface area (Å²) in [6.45, 7) is 7.45. The van der Waals surface area contributed by atoms with Gasteiger partial charge in [0.05, 0.1) is 11.5 Å². The average molecular weight is 298 g/mol. The van der Waals surface area contributed by atoms with Crippen LogP contribution in [0, 0.1) is 0 Å². The molecule has 0 saturated carbocycles. The highest BCUT2D eigenvalue weighted by Gasteiger charge is 2.16. The molecule has 0 aliphatic rings. The van der Waals surface area contributed by atoms with Gasteiger partial charge in [0.15, 0.2) is 9.84 Å². The van der Waals surface area contributed by atoms with E-state index in [4.69, 9.17) is 0 Å². The molecule has 0 spiro atoms. The highest BCUT2D eigenvalue weighted by atomic mass is 32.2. The van der Waals surface area contributed by atoms with Crippen molar-refractivity contribution in [3.63, 3.8) is 0 Å². The molecule has 0 N–H and O–H groups in total. The fourth-order valence-corrected chi connectivity index (χ4v) is 3.83. The summed E-state index contributed by atoms with van der Waals surface area (Å²) in [5, 5.41) is 0. The highest BCUT2D eigenvalue weighted by molar-refractivity contribution is 7.89. The zero-order valence-corrected chi connectivity index (χ0v) is 12.6. The van der Waals surface area contributed by atoms with Crippen LogP contribution in [0.4, 0.5) is 0 Å². The Hall–Kier alpha value is -2.13. The minimum atomic E-state index is -3.25. The largest absolute Gasteiger partial charge is 0.228 e. The smallest absolute Gasteiger partial charge is 0.158 e. The van der Waals surface area contributed by atoms with Crippen LogP contribution in [0.1, 0.15) is 22.3 Å². The molecule has 0 unspecified atom stereocenters. The van der Waals surface area contributed by atoms with E-state index < -0.39 is 9.84 Å². The molecule has 3 heteroatoms. The van der Waals surface area contributed by atoms with E-state index in [2.05, 4.69) is 13.2 Å². The van der Waals surface area contributed by atoms with Gasteiger partial charge in [0, 0.05) is 0 Å². The van der Waals surface area contributed by atoms with Gasteiger partial charge in [0.2, 0.25) is 0 Å². The molecule has 0 radical (unpaired) electrons. The molecule has 0 aromatic heterocycles. The fourth-order valence-electron chi connectivity index (χ4n) is 2.25. The molecule has 2 nitrogen and oxygen atoms in total. The monoisotopic (exact) mass is 298 g/mol. The van der Waals surface area contributed by atoms with Crippen molar-refractivity contribution in [1.29, 1.82) is 0 Å². The van der Waals surface area contributed by atoms with Gasteiger partial charge in [-0.05, 0) is 22.3 Å². The SMILES string of the molecule is C=Cc1ccccc1CS(=O)(=O)Cc1ccccc1C=C. The number of benzene rings is 2. The van der Waals surface area contributed by atoms with Gasteiger partial charge in [-0.3, -0.25) is 0 Å². The second-order valence-corrected chi connectivity index (χ2v) is 6.90. The normalized spacial score (nSPS) is 11.0. The van der Waals surface area contributed by atoms with Gasteiger partial charge in [-0.2, -0.15) is 0 Å². The third-order valence-corrected chi connectivity index (χ3v) is 4.80. The van der Waals surface area contributed by atoms with Crippen LogP contribution in [0.5, 0.6) is 0 Å². The first-order valence-corrected chi connectivity index (χ1v) is 8.49. The van der Waals surface area contributed by atoms with E-state index in [0.29, 0.717) is 0 Å². The van der Waals surface area contributed by atoms with Crippen LogP contribution in [0.15, 0.2) is 61.7 Å². The lowest BCUT2D eigenvalue weighted by atomic mass is 10.1. The molecule has 0 aliphatic carbocycles. The third-order valence-electron chi connectivity index (χ3n) is 3.30. The van der Waals surface area contributed by atoms with E-state index >= 15 is 0 Å². The van der Waals surface area contributed by atoms with Crippen LogP contribution >= 0.6 is 0 Å². The number of sulfone groups is 1. The molecule has 0 amide bonds. The van der Waals surface area contributed by atoms with Crippen molar-refractivity contribution in [1.82, 2.24) is 0 Å². The summed E-state index contributed by atoms with van der Waals surface area (Å²) in [5.74, 6) is 0.0291. The molecule has 2 aromatic carbocycles. The van der Waals surface area contributed by atoms with Crippen LogP contribution < -0.4 is 0 Å². The minimum Gasteiger partial charge on any atom is -0.228 e. The Morgan fingerprint density at radius 3 is 1.52 bits per heavy atom. The van der Waals surface area contributed by atoms with Crippen molar-refractivity contribution in [3.05, 3.63) is 83.9 Å². The fraction of sp³-hybridized carbons (Fsp3) is 0.111. The minimum absolute atomic E-state index is 0.0146. The van der Waals surface area contributed by atoms with Crippen molar-refractivity contribution in [2.24, 2.45) is 0 Å². The lowest BCUT2D eigenvalue weighted by Gasteiger charge is -2.09. The second kappa shape index (κ2) is 6.55. The van der Waals surface area contributed by atoms with E-state index in [9.17, 15) is 8.42 Å². The maximum absolute atomic E-state index is 12.4. The van der Waals surface area contributed by atoms with Gasteiger partial charge >= 0.3 is 0 Å². The highest BCUT2D eigenvalue weighted by Crippen LogP contribution is 2.19. The molecule has 0 atom stereocenters. The standard InChI is InChI=1S/C18H18O2S/c1-3-15-9-5-7-11-17(15)13-21(19,20)14-18-12-8-6-10-16(18)4-2/h3-12H,1-2,13-14H2. The number of hydrogen-bond donors (Lipinski definition) is 0. The van der Waals surface area contributed by atoms with E-state index in [1.807, 2.05) is 48.5 Å². The summed E-state index contributed by atoms with van der Waals surface area (Å²) in [6.07, 6.45) is 3.37. The lowest BCUT2D eigenvalue weighted by Crippen LogP contribution is -2.09. The van der Waals surface area contributed by atoms with E-state index in [0.717, 1.165) is 22.3 Å². The van der Waals surface area contributed by atoms with E-state index in [-0.39, 0.29) is 11.5 Å². The zero-order chi connectivity index (χ0) is 15.3. The van der Waals surface area contributed by atoms with Gasteiger partial charge in [0.25, 0.3) is 0 Å². The molecule has 0 aliphatic heterocycles. The maximum Gasteiger partial charge on any atom is 0.158 e. The third kappa shape index (κ3) is 3.92. The van der Waals surface area contributed by atoms with Gasteiger partial charge in [-0.15, -0.1) is 0 Å². The van der Waals surface area contributed by atoms with Crippen molar-refractivity contribution in [2.45, 2.75) is 11.5 Å². The molecule has 0 heterocycles. The molecule has 2 rings (SSSR count). The van der Waals surface area contributed by atoms with Crippen molar-refractivity contribution < 1.29 is 8.42 Å². The first-order chi connectivity index (χ1) is 10.1. The Balaban J connectivity index is 2.27. The number of hydrogen-bond acceptors (Lipinski definition) is 2. The molecule has 0 bridgehead atoms. The molecular weight excluding hydrogens is 280 g/mol. The van der Waals surface area contributed by atoms with Crippen LogP contribution in [0.2, 0.25) is 0 Å². The molecule has 108 valence electrons. The van der Waals surface area contributed by atoms with Crippen LogP contribution in [0.25, 0.3) is 12.2 Å². The first kappa shape index (κ1) is 15.3. The molecule has 2 aromatic rings. The zero-order valence-electron chi connectivity index (χ0n) is 11.8. The van der Waals surface area contributed by atoms with Gasteiger partial charge in [-0.25, -0.2) is 8.42 Å². The van der Waals surface area contributed by atoms with Crippen molar-refractivity contribution in [2.75, 3.05) is 0 Å². The Kier molecular flexibility index (Phi) is 4.76. The second-order valence-electron chi connectivity index (χ2n) is 4.84. The van der Waals surface area contributed by atoms with Crippen LogP contribution in [-0.4, -0.2) is 8.42 Å². The summed E-state index contributed by atoms with van der Waals surface area (Å²) in [6, 6.07) is 14.8. The Morgan fingerprint density at radius 2 is 1.14 bits per heavy atom. The quantitative estimate of drug-likeness (QED) is 0.805. The van der Waals surface area contributed by atoms with E-state index in [1.54, 1.807) is 12.2 Å². The van der Waals surface area contributed by atoms with E-state index in [1.165, 1.54) is 0 Å². The lowest BCUT2D eigenvalue weighted by molar-refractivity contribution is 0.594. The number of rotatable bonds is 6. The van der Waals surface area contributed by atoms with Crippen molar-refractivity contribution in [3.8, 4) is 0 Å². The van der Waals surface area contributed by atoms with Crippen LogP contribution in [-0.2, 0) is 21.3 Å². The molecule has 21 heavy (non-hydrogen) atoms. The van der Waals surface area contributed by atoms with Crippen molar-refractivity contribution >= 4 is 22.0 Å². The Morgan fingerprint density at radius 1 is 0.762 bits per heavy atom. The molecule has 0 saturated heterocycles. The van der Waals surface area contributed by atoms with Gasteiger partial charge in [0.1, 0.15) is 0 Å². The molecule has 0 fully saturated rings. The summed E-state index contributed by atoms with van der Waals surface area (Å²) in [5.41, 5.74) is 3.28. The van der Waals surface area contributed by atoms with Gasteiger partial charge in [-0.1, -0.05) is 73.8 Å². The predicted octanol–water partition coefficient (Wildman–Crippen LogP) is 4.09. The van der Waals surface area contributed by atoms with Crippen LogP contribution in [0.3, 0.4) is 0 Å². The summed E-state index contributed by atoms with van der Waals surface area (Å²) in [7, 11) is -3.25. The molecular formula is C18H18O2S. The average Bonchev–Trinajstić information content (AvgIpc) is 2.47. The first-order valence-electron chi connectivity index (χ1n) is 6.67. The Bertz CT molecular complexity index is 699. The topological polar surface area (TPSA) is 34.1 Å². The maximum atomic E-state index is 12.4. The summed E-state index contributed by atoms with van der Waals surface area (Å²) >= 11 is 0. The summed E-state index contributed by atoms with van der Waals surface area (Å²) < 4.78 is 24.9.